The molecule has 1 aromatic carbocycles. The van der Waals surface area contributed by atoms with E-state index in [0.29, 0.717) is 18.3 Å². The lowest BCUT2D eigenvalue weighted by Gasteiger charge is -2.39. The topological polar surface area (TPSA) is 12.5 Å². The van der Waals surface area contributed by atoms with Gasteiger partial charge in [-0.1, -0.05) is 36.4 Å². The fourth-order valence-electron chi connectivity index (χ4n) is 3.35. The van der Waals surface area contributed by atoms with Gasteiger partial charge in [0, 0.05) is 6.04 Å². The zero-order chi connectivity index (χ0) is 12.4. The number of hydrogen-bond donors (Lipinski definition) is 0. The van der Waals surface area contributed by atoms with Crippen LogP contribution in [-0.4, -0.2) is 23.8 Å². The number of piperidine rings is 1. The van der Waals surface area contributed by atoms with E-state index < -0.39 is 0 Å². The van der Waals surface area contributed by atoms with Gasteiger partial charge in [-0.3, -0.25) is 4.90 Å². The number of fused-ring (bicyclic) bond motifs is 1. The van der Waals surface area contributed by atoms with Gasteiger partial charge < -0.3 is 4.74 Å². The molecule has 1 unspecified atom stereocenters. The smallest absolute Gasteiger partial charge is 0.111 e. The Hall–Kier alpha value is -1.12. The predicted molar refractivity (Wildman–Crippen MR) is 73.2 cm³/mol. The second kappa shape index (κ2) is 5.25. The highest BCUT2D eigenvalue weighted by Gasteiger charge is 2.41. The summed E-state index contributed by atoms with van der Waals surface area (Å²) in [5.41, 5.74) is 1.39. The quantitative estimate of drug-likeness (QED) is 0.753. The molecule has 2 nitrogen and oxygen atoms in total. The van der Waals surface area contributed by atoms with Crippen molar-refractivity contribution in [2.75, 3.05) is 6.61 Å². The maximum Gasteiger partial charge on any atom is 0.111 e. The van der Waals surface area contributed by atoms with Gasteiger partial charge in [-0.15, -0.1) is 6.58 Å². The Morgan fingerprint density at radius 2 is 2.11 bits per heavy atom. The molecule has 3 rings (SSSR count). The molecule has 0 aliphatic carbocycles. The van der Waals surface area contributed by atoms with Crippen LogP contribution in [0.5, 0.6) is 0 Å². The molecule has 2 heteroatoms. The van der Waals surface area contributed by atoms with E-state index in [1.807, 2.05) is 6.08 Å². The Labute approximate surface area is 109 Å². The lowest BCUT2D eigenvalue weighted by molar-refractivity contribution is -0.0252. The molecule has 3 atom stereocenters. The van der Waals surface area contributed by atoms with Crippen LogP contribution >= 0.6 is 0 Å². The molecule has 2 saturated heterocycles. The third-order valence-corrected chi connectivity index (χ3v) is 4.17. The minimum absolute atomic E-state index is 0.328. The van der Waals surface area contributed by atoms with Crippen LogP contribution in [0.25, 0.3) is 0 Å². The molecule has 1 aromatic rings. The molecule has 2 aliphatic heterocycles. The second-order valence-corrected chi connectivity index (χ2v) is 5.27. The van der Waals surface area contributed by atoms with E-state index in [-0.39, 0.29) is 0 Å². The molecule has 96 valence electrons. The van der Waals surface area contributed by atoms with Gasteiger partial charge in [0.1, 0.15) is 6.23 Å². The van der Waals surface area contributed by atoms with Gasteiger partial charge in [-0.25, -0.2) is 0 Å². The summed E-state index contributed by atoms with van der Waals surface area (Å²) >= 11 is 0. The Balaban J connectivity index is 1.85. The average molecular weight is 243 g/mol. The summed E-state index contributed by atoms with van der Waals surface area (Å²) in [4.78, 5) is 2.58. The van der Waals surface area contributed by atoms with E-state index in [4.69, 9.17) is 4.74 Å². The van der Waals surface area contributed by atoms with E-state index in [9.17, 15) is 0 Å². The molecule has 2 aliphatic rings. The number of benzene rings is 1. The van der Waals surface area contributed by atoms with Crippen LogP contribution in [0.15, 0.2) is 43.0 Å². The first kappa shape index (κ1) is 11.9. The summed E-state index contributed by atoms with van der Waals surface area (Å²) in [6.45, 7) is 4.73. The standard InChI is InChI=1S/C16H21NO/c1-2-7-14-10-6-11-16-17(14)15(12-18-16)13-8-4-3-5-9-13/h2-5,8-9,14-16H,1,6-7,10-12H2/t14-,15+,16?/m0/s1. The highest BCUT2D eigenvalue weighted by molar-refractivity contribution is 5.20. The molecule has 0 amide bonds. The molecule has 0 aromatic heterocycles. The van der Waals surface area contributed by atoms with E-state index >= 15 is 0 Å². The largest absolute Gasteiger partial charge is 0.361 e. The zero-order valence-corrected chi connectivity index (χ0v) is 10.8. The van der Waals surface area contributed by atoms with E-state index in [1.54, 1.807) is 0 Å². The maximum absolute atomic E-state index is 5.99. The van der Waals surface area contributed by atoms with Crippen LogP contribution in [0.3, 0.4) is 0 Å². The lowest BCUT2D eigenvalue weighted by atomic mass is 9.95. The maximum atomic E-state index is 5.99. The number of ether oxygens (including phenoxy) is 1. The van der Waals surface area contributed by atoms with Gasteiger partial charge in [0.2, 0.25) is 0 Å². The van der Waals surface area contributed by atoms with E-state index in [2.05, 4.69) is 41.8 Å². The molecule has 0 N–H and O–H groups in total. The third kappa shape index (κ3) is 2.11. The highest BCUT2D eigenvalue weighted by atomic mass is 16.5. The van der Waals surface area contributed by atoms with E-state index in [0.717, 1.165) is 13.0 Å². The Morgan fingerprint density at radius 1 is 1.28 bits per heavy atom. The van der Waals surface area contributed by atoms with Crippen LogP contribution in [0.4, 0.5) is 0 Å². The summed E-state index contributed by atoms with van der Waals surface area (Å²) in [7, 11) is 0. The van der Waals surface area contributed by atoms with Crippen LogP contribution in [0.2, 0.25) is 0 Å². The van der Waals surface area contributed by atoms with Crippen LogP contribution in [0, 0.1) is 0 Å². The van der Waals surface area contributed by atoms with Gasteiger partial charge in [-0.2, -0.15) is 0 Å². The van der Waals surface area contributed by atoms with Crippen molar-refractivity contribution in [3.63, 3.8) is 0 Å². The van der Waals surface area contributed by atoms with Crippen molar-refractivity contribution in [3.8, 4) is 0 Å². The van der Waals surface area contributed by atoms with Crippen LogP contribution in [0.1, 0.15) is 37.3 Å². The number of hydrogen-bond acceptors (Lipinski definition) is 2. The molecular weight excluding hydrogens is 222 g/mol. The molecule has 18 heavy (non-hydrogen) atoms. The zero-order valence-electron chi connectivity index (χ0n) is 10.8. The molecule has 0 bridgehead atoms. The van der Waals surface area contributed by atoms with Gasteiger partial charge in [0.15, 0.2) is 0 Å². The first-order chi connectivity index (χ1) is 8.90. The SMILES string of the molecule is C=CC[C@H]1CCCC2OC[C@H](c3ccccc3)N21. The minimum Gasteiger partial charge on any atom is -0.361 e. The molecule has 2 fully saturated rings. The summed E-state index contributed by atoms with van der Waals surface area (Å²) in [6, 6.07) is 11.8. The molecule has 0 radical (unpaired) electrons. The van der Waals surface area contributed by atoms with Crippen molar-refractivity contribution >= 4 is 0 Å². The van der Waals surface area contributed by atoms with Crippen molar-refractivity contribution in [1.29, 1.82) is 0 Å². The second-order valence-electron chi connectivity index (χ2n) is 5.27. The number of nitrogens with zero attached hydrogens (tertiary/aromatic N) is 1. The minimum atomic E-state index is 0.328. The summed E-state index contributed by atoms with van der Waals surface area (Å²) in [5.74, 6) is 0. The van der Waals surface area contributed by atoms with Gasteiger partial charge in [0.25, 0.3) is 0 Å². The van der Waals surface area contributed by atoms with Gasteiger partial charge >= 0.3 is 0 Å². The molecular formula is C16H21NO. The predicted octanol–water partition coefficient (Wildman–Crippen LogP) is 3.51. The first-order valence-electron chi connectivity index (χ1n) is 6.95. The first-order valence-corrected chi connectivity index (χ1v) is 6.95. The van der Waals surface area contributed by atoms with Gasteiger partial charge in [-0.05, 0) is 31.2 Å². The Morgan fingerprint density at radius 3 is 2.89 bits per heavy atom. The average Bonchev–Trinajstić information content (AvgIpc) is 2.85. The Kier molecular flexibility index (Phi) is 3.48. The molecule has 0 saturated carbocycles. The number of rotatable bonds is 3. The summed E-state index contributed by atoms with van der Waals surface area (Å²) in [6.07, 6.45) is 7.18. The molecule has 2 heterocycles. The van der Waals surface area contributed by atoms with Crippen LogP contribution < -0.4 is 0 Å². The Bertz CT molecular complexity index is 403. The molecule has 0 spiro atoms. The fraction of sp³-hybridized carbons (Fsp3) is 0.500. The van der Waals surface area contributed by atoms with Crippen molar-refractivity contribution in [2.24, 2.45) is 0 Å². The van der Waals surface area contributed by atoms with Gasteiger partial charge in [0.05, 0.1) is 12.6 Å². The summed E-state index contributed by atoms with van der Waals surface area (Å²) < 4.78 is 5.99. The van der Waals surface area contributed by atoms with Crippen molar-refractivity contribution in [2.45, 2.75) is 44.0 Å². The lowest BCUT2D eigenvalue weighted by Crippen LogP contribution is -2.44. The van der Waals surface area contributed by atoms with Crippen molar-refractivity contribution < 1.29 is 4.74 Å². The fourth-order valence-corrected chi connectivity index (χ4v) is 3.35. The highest BCUT2D eigenvalue weighted by Crippen LogP contribution is 2.39. The van der Waals surface area contributed by atoms with Crippen LogP contribution in [-0.2, 0) is 4.74 Å². The van der Waals surface area contributed by atoms with Crippen molar-refractivity contribution in [1.82, 2.24) is 4.90 Å². The summed E-state index contributed by atoms with van der Waals surface area (Å²) in [5, 5.41) is 0. The van der Waals surface area contributed by atoms with E-state index in [1.165, 1.54) is 24.8 Å². The monoisotopic (exact) mass is 243 g/mol. The van der Waals surface area contributed by atoms with Crippen molar-refractivity contribution in [3.05, 3.63) is 48.6 Å². The normalized spacial score (nSPS) is 32.1. The third-order valence-electron chi connectivity index (χ3n) is 4.17.